The van der Waals surface area contributed by atoms with Crippen LogP contribution in [-0.4, -0.2) is 36.0 Å². The van der Waals surface area contributed by atoms with E-state index in [1.165, 1.54) is 0 Å². The lowest BCUT2D eigenvalue weighted by molar-refractivity contribution is -0.109. The maximum Gasteiger partial charge on any atom is 0.410 e. The highest BCUT2D eigenvalue weighted by Gasteiger charge is 2.46. The summed E-state index contributed by atoms with van der Waals surface area (Å²) in [4.78, 5) is 24.2. The Morgan fingerprint density at radius 2 is 2.12 bits per heavy atom. The standard InChI is InChI=1S/C13H21NO3/c1-13(2,3)17-12(16)14-5-4-9(7-14)11-6-10(11)8-15/h8-11H,4-7H2,1-3H3. The van der Waals surface area contributed by atoms with E-state index in [0.29, 0.717) is 11.8 Å². The van der Waals surface area contributed by atoms with Crippen molar-refractivity contribution in [1.29, 1.82) is 0 Å². The highest BCUT2D eigenvalue weighted by Crippen LogP contribution is 2.46. The number of nitrogens with zero attached hydrogens (tertiary/aromatic N) is 1. The Morgan fingerprint density at radius 3 is 2.65 bits per heavy atom. The van der Waals surface area contributed by atoms with E-state index in [1.807, 2.05) is 20.8 Å². The average molecular weight is 239 g/mol. The number of carbonyl (C=O) groups excluding carboxylic acids is 2. The van der Waals surface area contributed by atoms with Crippen molar-refractivity contribution in [3.63, 3.8) is 0 Å². The van der Waals surface area contributed by atoms with Crippen LogP contribution in [-0.2, 0) is 9.53 Å². The molecule has 2 rings (SSSR count). The van der Waals surface area contributed by atoms with Gasteiger partial charge in [0.05, 0.1) is 0 Å². The van der Waals surface area contributed by atoms with Crippen LogP contribution in [0.4, 0.5) is 4.79 Å². The fourth-order valence-electron chi connectivity index (χ4n) is 2.56. The molecule has 0 aromatic heterocycles. The number of ether oxygens (including phenoxy) is 1. The zero-order chi connectivity index (χ0) is 12.6. The van der Waals surface area contributed by atoms with Gasteiger partial charge in [0.25, 0.3) is 0 Å². The van der Waals surface area contributed by atoms with Crippen LogP contribution < -0.4 is 0 Å². The summed E-state index contributed by atoms with van der Waals surface area (Å²) in [6, 6.07) is 0. The minimum atomic E-state index is -0.430. The van der Waals surface area contributed by atoms with Crippen LogP contribution >= 0.6 is 0 Å². The molecule has 4 heteroatoms. The molecule has 1 saturated carbocycles. The topological polar surface area (TPSA) is 46.6 Å². The molecule has 0 spiro atoms. The van der Waals surface area contributed by atoms with Crippen LogP contribution in [0, 0.1) is 17.8 Å². The molecule has 4 nitrogen and oxygen atoms in total. The smallest absolute Gasteiger partial charge is 0.410 e. The normalized spacial score (nSPS) is 32.4. The van der Waals surface area contributed by atoms with Crippen LogP contribution in [0.1, 0.15) is 33.6 Å². The van der Waals surface area contributed by atoms with Crippen molar-refractivity contribution in [2.75, 3.05) is 13.1 Å². The lowest BCUT2D eigenvalue weighted by Gasteiger charge is -2.24. The van der Waals surface area contributed by atoms with E-state index in [-0.39, 0.29) is 12.0 Å². The van der Waals surface area contributed by atoms with E-state index >= 15 is 0 Å². The first kappa shape index (κ1) is 12.4. The molecule has 2 fully saturated rings. The first-order chi connectivity index (χ1) is 7.90. The molecule has 0 radical (unpaired) electrons. The highest BCUT2D eigenvalue weighted by molar-refractivity contribution is 5.68. The number of carbonyl (C=O) groups is 2. The molecule has 0 N–H and O–H groups in total. The second-order valence-electron chi connectivity index (χ2n) is 6.17. The van der Waals surface area contributed by atoms with Gasteiger partial charge < -0.3 is 14.4 Å². The SMILES string of the molecule is CC(C)(C)OC(=O)N1CCC(C2CC2C=O)C1. The summed E-state index contributed by atoms with van der Waals surface area (Å²) in [6.07, 6.45) is 2.86. The zero-order valence-corrected chi connectivity index (χ0v) is 10.8. The van der Waals surface area contributed by atoms with Crippen molar-refractivity contribution in [3.8, 4) is 0 Å². The van der Waals surface area contributed by atoms with Gasteiger partial charge in [-0.05, 0) is 45.4 Å². The molecular formula is C13H21NO3. The molecule has 96 valence electrons. The first-order valence-electron chi connectivity index (χ1n) is 6.34. The van der Waals surface area contributed by atoms with Gasteiger partial charge in [0.2, 0.25) is 0 Å². The molecule has 1 saturated heterocycles. The van der Waals surface area contributed by atoms with Crippen molar-refractivity contribution >= 4 is 12.4 Å². The third-order valence-electron chi connectivity index (χ3n) is 3.55. The van der Waals surface area contributed by atoms with Crippen molar-refractivity contribution in [2.24, 2.45) is 17.8 Å². The zero-order valence-electron chi connectivity index (χ0n) is 10.8. The summed E-state index contributed by atoms with van der Waals surface area (Å²) in [5, 5.41) is 0. The van der Waals surface area contributed by atoms with Gasteiger partial charge in [-0.1, -0.05) is 0 Å². The second kappa shape index (κ2) is 4.31. The molecule has 1 amide bonds. The molecule has 3 atom stereocenters. The van der Waals surface area contributed by atoms with Crippen molar-refractivity contribution in [1.82, 2.24) is 4.90 Å². The Balaban J connectivity index is 1.82. The van der Waals surface area contributed by atoms with Gasteiger partial charge in [0, 0.05) is 19.0 Å². The number of amides is 1. The van der Waals surface area contributed by atoms with Crippen LogP contribution in [0.2, 0.25) is 0 Å². The molecule has 1 aliphatic heterocycles. The molecule has 1 aliphatic carbocycles. The summed E-state index contributed by atoms with van der Waals surface area (Å²) < 4.78 is 5.34. The minimum Gasteiger partial charge on any atom is -0.444 e. The van der Waals surface area contributed by atoms with Gasteiger partial charge in [-0.15, -0.1) is 0 Å². The van der Waals surface area contributed by atoms with Crippen molar-refractivity contribution in [2.45, 2.75) is 39.2 Å². The number of hydrogen-bond acceptors (Lipinski definition) is 3. The van der Waals surface area contributed by atoms with E-state index in [1.54, 1.807) is 4.90 Å². The summed E-state index contributed by atoms with van der Waals surface area (Å²) in [5.41, 5.74) is -0.430. The fourth-order valence-corrected chi connectivity index (χ4v) is 2.56. The predicted octanol–water partition coefficient (Wildman–Crippen LogP) is 2.08. The van der Waals surface area contributed by atoms with Gasteiger partial charge in [0.1, 0.15) is 11.9 Å². The Labute approximate surface area is 102 Å². The molecule has 17 heavy (non-hydrogen) atoms. The fraction of sp³-hybridized carbons (Fsp3) is 0.846. The van der Waals surface area contributed by atoms with E-state index in [9.17, 15) is 9.59 Å². The monoisotopic (exact) mass is 239 g/mol. The molecular weight excluding hydrogens is 218 g/mol. The average Bonchev–Trinajstić information content (AvgIpc) is 2.83. The molecule has 1 heterocycles. The third-order valence-corrected chi connectivity index (χ3v) is 3.55. The van der Waals surface area contributed by atoms with E-state index < -0.39 is 5.60 Å². The van der Waals surface area contributed by atoms with Crippen molar-refractivity contribution < 1.29 is 14.3 Å². The third kappa shape index (κ3) is 2.99. The highest BCUT2D eigenvalue weighted by atomic mass is 16.6. The maximum atomic E-state index is 11.8. The van der Waals surface area contributed by atoms with Crippen LogP contribution in [0.5, 0.6) is 0 Å². The summed E-state index contributed by atoms with van der Waals surface area (Å²) in [5.74, 6) is 1.26. The minimum absolute atomic E-state index is 0.219. The largest absolute Gasteiger partial charge is 0.444 e. The van der Waals surface area contributed by atoms with Gasteiger partial charge >= 0.3 is 6.09 Å². The van der Waals surface area contributed by atoms with E-state index in [2.05, 4.69) is 0 Å². The Morgan fingerprint density at radius 1 is 1.41 bits per heavy atom. The number of hydrogen-bond donors (Lipinski definition) is 0. The Hall–Kier alpha value is -1.06. The second-order valence-corrected chi connectivity index (χ2v) is 6.17. The van der Waals surface area contributed by atoms with Crippen LogP contribution in [0.15, 0.2) is 0 Å². The predicted molar refractivity (Wildman–Crippen MR) is 63.6 cm³/mol. The molecule has 0 aromatic rings. The van der Waals surface area contributed by atoms with Crippen LogP contribution in [0.3, 0.4) is 0 Å². The Bertz CT molecular complexity index is 321. The van der Waals surface area contributed by atoms with Gasteiger partial charge in [-0.2, -0.15) is 0 Å². The van der Waals surface area contributed by atoms with Gasteiger partial charge in [-0.25, -0.2) is 4.79 Å². The first-order valence-corrected chi connectivity index (χ1v) is 6.34. The van der Waals surface area contributed by atoms with Gasteiger partial charge in [0.15, 0.2) is 0 Å². The summed E-state index contributed by atoms with van der Waals surface area (Å²) >= 11 is 0. The Kier molecular flexibility index (Phi) is 3.15. The summed E-state index contributed by atoms with van der Waals surface area (Å²) in [6.45, 7) is 7.15. The molecule has 2 aliphatic rings. The van der Waals surface area contributed by atoms with E-state index in [4.69, 9.17) is 4.74 Å². The van der Waals surface area contributed by atoms with Gasteiger partial charge in [-0.3, -0.25) is 0 Å². The van der Waals surface area contributed by atoms with E-state index in [0.717, 1.165) is 32.2 Å². The lowest BCUT2D eigenvalue weighted by atomic mass is 10.0. The maximum absolute atomic E-state index is 11.8. The molecule has 3 unspecified atom stereocenters. The number of likely N-dealkylation sites (tertiary alicyclic amines) is 1. The number of rotatable bonds is 2. The quantitative estimate of drug-likeness (QED) is 0.693. The molecule has 0 bridgehead atoms. The van der Waals surface area contributed by atoms with Crippen molar-refractivity contribution in [3.05, 3.63) is 0 Å². The number of aldehydes is 1. The lowest BCUT2D eigenvalue weighted by Crippen LogP contribution is -2.35. The molecule has 0 aromatic carbocycles. The summed E-state index contributed by atoms with van der Waals surface area (Å²) in [7, 11) is 0. The van der Waals surface area contributed by atoms with Crippen LogP contribution in [0.25, 0.3) is 0 Å².